The van der Waals surface area contributed by atoms with Crippen LogP contribution in [0.15, 0.2) is 42.6 Å². The van der Waals surface area contributed by atoms with Crippen molar-refractivity contribution in [2.75, 3.05) is 27.3 Å². The van der Waals surface area contributed by atoms with Gasteiger partial charge in [0.05, 0.1) is 14.2 Å². The fourth-order valence-electron chi connectivity index (χ4n) is 2.84. The number of aromatic nitrogens is 2. The van der Waals surface area contributed by atoms with E-state index in [0.717, 1.165) is 24.2 Å². The van der Waals surface area contributed by atoms with Gasteiger partial charge in [-0.25, -0.2) is 4.98 Å². The molecule has 1 aliphatic rings. The van der Waals surface area contributed by atoms with Crippen LogP contribution in [0.2, 0.25) is 0 Å². The highest BCUT2D eigenvalue weighted by molar-refractivity contribution is 5.91. The van der Waals surface area contributed by atoms with Crippen molar-refractivity contribution in [3.8, 4) is 17.6 Å². The van der Waals surface area contributed by atoms with Gasteiger partial charge in [-0.1, -0.05) is 12.1 Å². The predicted octanol–water partition coefficient (Wildman–Crippen LogP) is 2.58. The van der Waals surface area contributed by atoms with Crippen molar-refractivity contribution in [3.63, 3.8) is 0 Å². The highest BCUT2D eigenvalue weighted by atomic mass is 16.5. The van der Waals surface area contributed by atoms with Crippen LogP contribution in [0.25, 0.3) is 6.08 Å². The molecule has 3 rings (SSSR count). The van der Waals surface area contributed by atoms with E-state index in [9.17, 15) is 4.79 Å². The van der Waals surface area contributed by atoms with Crippen molar-refractivity contribution in [3.05, 3.63) is 48.2 Å². The second-order valence-electron chi connectivity index (χ2n) is 6.13. The summed E-state index contributed by atoms with van der Waals surface area (Å²) in [6, 6.07) is 9.56. The lowest BCUT2D eigenvalue weighted by Gasteiger charge is -2.31. The van der Waals surface area contributed by atoms with Crippen molar-refractivity contribution < 1.29 is 19.0 Å². The number of benzene rings is 1. The molecule has 0 radical (unpaired) electrons. The zero-order chi connectivity index (χ0) is 19.1. The van der Waals surface area contributed by atoms with Crippen molar-refractivity contribution in [2.24, 2.45) is 0 Å². The number of piperidine rings is 1. The molecule has 0 unspecified atom stereocenters. The molecule has 1 aliphatic heterocycles. The van der Waals surface area contributed by atoms with E-state index in [1.807, 2.05) is 35.2 Å². The molecule has 0 atom stereocenters. The predicted molar refractivity (Wildman–Crippen MR) is 101 cm³/mol. The summed E-state index contributed by atoms with van der Waals surface area (Å²) in [5, 5.41) is 0. The first-order valence-corrected chi connectivity index (χ1v) is 8.82. The quantitative estimate of drug-likeness (QED) is 0.729. The van der Waals surface area contributed by atoms with E-state index in [0.29, 0.717) is 19.0 Å². The summed E-state index contributed by atoms with van der Waals surface area (Å²) in [4.78, 5) is 22.3. The summed E-state index contributed by atoms with van der Waals surface area (Å²) in [6.07, 6.45) is 6.57. The maximum Gasteiger partial charge on any atom is 0.319 e. The second-order valence-corrected chi connectivity index (χ2v) is 6.13. The minimum atomic E-state index is 0.00738. The van der Waals surface area contributed by atoms with Gasteiger partial charge in [-0.3, -0.25) is 4.79 Å². The number of carbonyl (C=O) groups is 1. The van der Waals surface area contributed by atoms with Crippen LogP contribution in [0, 0.1) is 0 Å². The van der Waals surface area contributed by atoms with Gasteiger partial charge in [0, 0.05) is 44.3 Å². The smallest absolute Gasteiger partial charge is 0.319 e. The molecule has 7 heteroatoms. The molecule has 2 heterocycles. The summed E-state index contributed by atoms with van der Waals surface area (Å²) in [7, 11) is 3.14. The Morgan fingerprint density at radius 2 is 1.85 bits per heavy atom. The Labute approximate surface area is 158 Å². The number of hydrogen-bond acceptors (Lipinski definition) is 6. The van der Waals surface area contributed by atoms with E-state index in [1.54, 1.807) is 25.4 Å². The molecule has 1 amide bonds. The molecule has 0 N–H and O–H groups in total. The third-order valence-corrected chi connectivity index (χ3v) is 4.37. The molecule has 1 aromatic carbocycles. The minimum Gasteiger partial charge on any atom is -0.497 e. The van der Waals surface area contributed by atoms with Gasteiger partial charge < -0.3 is 19.1 Å². The summed E-state index contributed by atoms with van der Waals surface area (Å²) >= 11 is 0. The number of methoxy groups -OCH3 is 2. The standard InChI is InChI=1S/C20H23N3O4/c1-25-16-6-3-15(4-7-16)5-8-19(24)23-13-10-17(11-14-23)27-18-9-12-21-20(22-18)26-2/h3-9,12,17H,10-11,13-14H2,1-2H3/b8-5+. The normalized spacial score (nSPS) is 15.0. The molecule has 7 nitrogen and oxygen atoms in total. The van der Waals surface area contributed by atoms with E-state index < -0.39 is 0 Å². The Hall–Kier alpha value is -3.09. The lowest BCUT2D eigenvalue weighted by molar-refractivity contribution is -0.127. The molecule has 1 fully saturated rings. The maximum atomic E-state index is 12.4. The number of amides is 1. The van der Waals surface area contributed by atoms with E-state index in [4.69, 9.17) is 14.2 Å². The zero-order valence-electron chi connectivity index (χ0n) is 15.5. The lowest BCUT2D eigenvalue weighted by atomic mass is 10.1. The van der Waals surface area contributed by atoms with Crippen LogP contribution < -0.4 is 14.2 Å². The maximum absolute atomic E-state index is 12.4. The minimum absolute atomic E-state index is 0.00738. The molecular formula is C20H23N3O4. The number of nitrogens with zero attached hydrogens (tertiary/aromatic N) is 3. The lowest BCUT2D eigenvalue weighted by Crippen LogP contribution is -2.41. The first-order valence-electron chi connectivity index (χ1n) is 8.82. The fraction of sp³-hybridized carbons (Fsp3) is 0.350. The number of ether oxygens (including phenoxy) is 3. The molecular weight excluding hydrogens is 346 g/mol. The zero-order valence-corrected chi connectivity index (χ0v) is 15.5. The van der Waals surface area contributed by atoms with Gasteiger partial charge in [0.15, 0.2) is 0 Å². The number of rotatable bonds is 6. The van der Waals surface area contributed by atoms with Crippen LogP contribution in [0.3, 0.4) is 0 Å². The van der Waals surface area contributed by atoms with Gasteiger partial charge in [0.25, 0.3) is 0 Å². The number of likely N-dealkylation sites (tertiary alicyclic amines) is 1. The molecule has 0 bridgehead atoms. The van der Waals surface area contributed by atoms with Crippen molar-refractivity contribution in [1.82, 2.24) is 14.9 Å². The van der Waals surface area contributed by atoms with Crippen molar-refractivity contribution in [1.29, 1.82) is 0 Å². The molecule has 1 saturated heterocycles. The Bertz CT molecular complexity index is 784. The van der Waals surface area contributed by atoms with Gasteiger partial charge in [-0.2, -0.15) is 4.98 Å². The first kappa shape index (κ1) is 18.7. The fourth-order valence-corrected chi connectivity index (χ4v) is 2.84. The van der Waals surface area contributed by atoms with E-state index in [-0.39, 0.29) is 18.0 Å². The van der Waals surface area contributed by atoms with E-state index in [2.05, 4.69) is 9.97 Å². The first-order chi connectivity index (χ1) is 13.2. The van der Waals surface area contributed by atoms with Crippen molar-refractivity contribution in [2.45, 2.75) is 18.9 Å². The van der Waals surface area contributed by atoms with Gasteiger partial charge in [0.1, 0.15) is 11.9 Å². The third-order valence-electron chi connectivity index (χ3n) is 4.37. The molecule has 0 spiro atoms. The third kappa shape index (κ3) is 5.20. The van der Waals surface area contributed by atoms with Crippen LogP contribution in [-0.4, -0.2) is 54.2 Å². The molecule has 142 valence electrons. The summed E-state index contributed by atoms with van der Waals surface area (Å²) in [6.45, 7) is 1.30. The highest BCUT2D eigenvalue weighted by Crippen LogP contribution is 2.19. The number of carbonyl (C=O) groups excluding carboxylic acids is 1. The molecule has 0 saturated carbocycles. The van der Waals surface area contributed by atoms with Crippen LogP contribution in [0.4, 0.5) is 0 Å². The van der Waals surface area contributed by atoms with Gasteiger partial charge >= 0.3 is 6.01 Å². The van der Waals surface area contributed by atoms with Gasteiger partial charge in [-0.05, 0) is 23.8 Å². The van der Waals surface area contributed by atoms with Gasteiger partial charge in [0.2, 0.25) is 11.8 Å². The SMILES string of the molecule is COc1ccc(/C=C/C(=O)N2CCC(Oc3ccnc(OC)n3)CC2)cc1. The largest absolute Gasteiger partial charge is 0.497 e. The Kier molecular flexibility index (Phi) is 6.25. The van der Waals surface area contributed by atoms with Crippen LogP contribution in [-0.2, 0) is 4.79 Å². The van der Waals surface area contributed by atoms with Crippen LogP contribution in [0.5, 0.6) is 17.6 Å². The molecule has 1 aromatic heterocycles. The topological polar surface area (TPSA) is 73.8 Å². The van der Waals surface area contributed by atoms with Crippen LogP contribution >= 0.6 is 0 Å². The molecule has 2 aromatic rings. The van der Waals surface area contributed by atoms with Gasteiger partial charge in [-0.15, -0.1) is 0 Å². The molecule has 0 aliphatic carbocycles. The average Bonchev–Trinajstić information content (AvgIpc) is 2.73. The highest BCUT2D eigenvalue weighted by Gasteiger charge is 2.23. The summed E-state index contributed by atoms with van der Waals surface area (Å²) in [5.41, 5.74) is 0.958. The average molecular weight is 369 g/mol. The number of hydrogen-bond donors (Lipinski definition) is 0. The second kappa shape index (κ2) is 9.02. The van der Waals surface area contributed by atoms with E-state index in [1.165, 1.54) is 7.11 Å². The molecule has 27 heavy (non-hydrogen) atoms. The Morgan fingerprint density at radius 3 is 2.52 bits per heavy atom. The monoisotopic (exact) mass is 369 g/mol. The summed E-state index contributed by atoms with van der Waals surface area (Å²) < 4.78 is 16.0. The Morgan fingerprint density at radius 1 is 1.11 bits per heavy atom. The van der Waals surface area contributed by atoms with Crippen molar-refractivity contribution >= 4 is 12.0 Å². The summed E-state index contributed by atoms with van der Waals surface area (Å²) in [5.74, 6) is 1.29. The van der Waals surface area contributed by atoms with E-state index >= 15 is 0 Å². The van der Waals surface area contributed by atoms with Crippen LogP contribution in [0.1, 0.15) is 18.4 Å². The Balaban J connectivity index is 1.49.